The molecule has 0 heterocycles. The molecule has 0 fully saturated rings. The molecule has 0 aliphatic carbocycles. The van der Waals surface area contributed by atoms with E-state index in [1.54, 1.807) is 0 Å². The number of rotatable bonds is 3. The molecule has 4 heteroatoms. The lowest BCUT2D eigenvalue weighted by molar-refractivity contribution is -0.122. The average Bonchev–Trinajstić information content (AvgIpc) is 1.87. The van der Waals surface area contributed by atoms with E-state index in [-0.39, 0.29) is 18.3 Å². The van der Waals surface area contributed by atoms with Gasteiger partial charge in [-0.1, -0.05) is 20.8 Å². The number of nitrogens with one attached hydrogen (secondary N) is 1. The van der Waals surface area contributed by atoms with Crippen LogP contribution in [-0.2, 0) is 4.79 Å². The van der Waals surface area contributed by atoms with Gasteiger partial charge in [-0.2, -0.15) is 0 Å². The smallest absolute Gasteiger partial charge is 0.234 e. The van der Waals surface area contributed by atoms with Gasteiger partial charge in [0.15, 0.2) is 0 Å². The third-order valence-electron chi connectivity index (χ3n) is 1.81. The maximum Gasteiger partial charge on any atom is 0.234 e. The standard InChI is InChI=1S/C7H16N2O.ClH/c1-5(2)6(3)4-7(10)9-8;/h5-6H,4,8H2,1-3H3,(H,9,10);1H. The van der Waals surface area contributed by atoms with Crippen LogP contribution in [0.15, 0.2) is 0 Å². The normalized spacial score (nSPS) is 12.1. The van der Waals surface area contributed by atoms with Crippen LogP contribution in [0.25, 0.3) is 0 Å². The molecule has 0 spiro atoms. The van der Waals surface area contributed by atoms with Gasteiger partial charge in [0.1, 0.15) is 0 Å². The first-order chi connectivity index (χ1) is 4.57. The molecule has 0 aromatic heterocycles. The molecule has 1 atom stereocenters. The van der Waals surface area contributed by atoms with Gasteiger partial charge in [-0.05, 0) is 11.8 Å². The zero-order valence-electron chi connectivity index (χ0n) is 7.26. The fourth-order valence-electron chi connectivity index (χ4n) is 0.587. The van der Waals surface area contributed by atoms with Crippen LogP contribution in [0.2, 0.25) is 0 Å². The SMILES string of the molecule is CC(C)C(C)CC(=O)NN.Cl. The first-order valence-electron chi connectivity index (χ1n) is 3.57. The van der Waals surface area contributed by atoms with Crippen LogP contribution in [0.3, 0.4) is 0 Å². The van der Waals surface area contributed by atoms with Crippen LogP contribution in [0.5, 0.6) is 0 Å². The van der Waals surface area contributed by atoms with E-state index in [9.17, 15) is 4.79 Å². The number of amides is 1. The molecule has 11 heavy (non-hydrogen) atoms. The molecule has 1 amide bonds. The molecular weight excluding hydrogens is 164 g/mol. The van der Waals surface area contributed by atoms with Gasteiger partial charge in [0.25, 0.3) is 0 Å². The van der Waals surface area contributed by atoms with Crippen LogP contribution < -0.4 is 11.3 Å². The zero-order chi connectivity index (χ0) is 8.15. The highest BCUT2D eigenvalue weighted by atomic mass is 35.5. The van der Waals surface area contributed by atoms with Crippen LogP contribution in [0, 0.1) is 11.8 Å². The van der Waals surface area contributed by atoms with Crippen LogP contribution >= 0.6 is 12.4 Å². The van der Waals surface area contributed by atoms with Gasteiger partial charge >= 0.3 is 0 Å². The monoisotopic (exact) mass is 180 g/mol. The highest BCUT2D eigenvalue weighted by Crippen LogP contribution is 2.12. The fourth-order valence-corrected chi connectivity index (χ4v) is 0.587. The van der Waals surface area contributed by atoms with Crippen molar-refractivity contribution in [1.29, 1.82) is 0 Å². The highest BCUT2D eigenvalue weighted by Gasteiger charge is 2.10. The van der Waals surface area contributed by atoms with Gasteiger partial charge in [-0.25, -0.2) is 5.84 Å². The molecule has 0 saturated heterocycles. The third kappa shape index (κ3) is 6.13. The average molecular weight is 181 g/mol. The summed E-state index contributed by atoms with van der Waals surface area (Å²) < 4.78 is 0. The first kappa shape index (κ1) is 13.3. The van der Waals surface area contributed by atoms with Crippen molar-refractivity contribution < 1.29 is 4.79 Å². The van der Waals surface area contributed by atoms with Gasteiger partial charge in [-0.15, -0.1) is 12.4 Å². The van der Waals surface area contributed by atoms with Gasteiger partial charge in [0.05, 0.1) is 0 Å². The molecule has 3 N–H and O–H groups in total. The van der Waals surface area contributed by atoms with Crippen molar-refractivity contribution in [3.8, 4) is 0 Å². The minimum Gasteiger partial charge on any atom is -0.294 e. The minimum atomic E-state index is -0.0822. The molecule has 0 saturated carbocycles. The summed E-state index contributed by atoms with van der Waals surface area (Å²) in [6, 6.07) is 0. The summed E-state index contributed by atoms with van der Waals surface area (Å²) in [6.07, 6.45) is 0.522. The molecule has 68 valence electrons. The first-order valence-corrected chi connectivity index (χ1v) is 3.57. The lowest BCUT2D eigenvalue weighted by Crippen LogP contribution is -2.31. The Morgan fingerprint density at radius 3 is 2.18 bits per heavy atom. The van der Waals surface area contributed by atoms with Crippen LogP contribution in [0.1, 0.15) is 27.2 Å². The Kier molecular flexibility index (Phi) is 7.79. The molecule has 0 aliphatic rings. The Hall–Kier alpha value is -0.280. The molecule has 0 rings (SSSR count). The van der Waals surface area contributed by atoms with E-state index in [1.807, 2.05) is 6.92 Å². The predicted octanol–water partition coefficient (Wildman–Crippen LogP) is 1.08. The summed E-state index contributed by atoms with van der Waals surface area (Å²) in [4.78, 5) is 10.7. The van der Waals surface area contributed by atoms with E-state index >= 15 is 0 Å². The molecular formula is C7H17ClN2O. The van der Waals surface area contributed by atoms with Crippen molar-refractivity contribution in [2.24, 2.45) is 17.7 Å². The lowest BCUT2D eigenvalue weighted by Gasteiger charge is -2.13. The fraction of sp³-hybridized carbons (Fsp3) is 0.857. The van der Waals surface area contributed by atoms with Crippen molar-refractivity contribution >= 4 is 18.3 Å². The lowest BCUT2D eigenvalue weighted by atomic mass is 9.95. The number of carbonyl (C=O) groups is 1. The summed E-state index contributed by atoms with van der Waals surface area (Å²) in [5, 5.41) is 0. The van der Waals surface area contributed by atoms with E-state index in [1.165, 1.54) is 0 Å². The van der Waals surface area contributed by atoms with E-state index in [0.717, 1.165) is 0 Å². The highest BCUT2D eigenvalue weighted by molar-refractivity contribution is 5.85. The molecule has 0 bridgehead atoms. The molecule has 0 aromatic rings. The van der Waals surface area contributed by atoms with Gasteiger partial charge < -0.3 is 0 Å². The number of carbonyl (C=O) groups excluding carboxylic acids is 1. The van der Waals surface area contributed by atoms with E-state index in [4.69, 9.17) is 5.84 Å². The number of nitrogens with two attached hydrogens (primary N) is 1. The second-order valence-electron chi connectivity index (χ2n) is 2.99. The van der Waals surface area contributed by atoms with Gasteiger partial charge in [0.2, 0.25) is 5.91 Å². The van der Waals surface area contributed by atoms with Crippen LogP contribution in [0.4, 0.5) is 0 Å². The molecule has 0 radical (unpaired) electrons. The van der Waals surface area contributed by atoms with Crippen molar-refractivity contribution in [3.63, 3.8) is 0 Å². The van der Waals surface area contributed by atoms with E-state index < -0.39 is 0 Å². The van der Waals surface area contributed by atoms with Crippen molar-refractivity contribution in [2.75, 3.05) is 0 Å². The van der Waals surface area contributed by atoms with Crippen molar-refractivity contribution in [3.05, 3.63) is 0 Å². The van der Waals surface area contributed by atoms with Gasteiger partial charge in [-0.3, -0.25) is 10.2 Å². The number of halogens is 1. The topological polar surface area (TPSA) is 55.1 Å². The summed E-state index contributed by atoms with van der Waals surface area (Å²) in [5.41, 5.74) is 2.11. The summed E-state index contributed by atoms with van der Waals surface area (Å²) in [7, 11) is 0. The maximum atomic E-state index is 10.7. The number of hydrazine groups is 1. The van der Waals surface area contributed by atoms with E-state index in [2.05, 4.69) is 19.3 Å². The Morgan fingerprint density at radius 1 is 1.45 bits per heavy atom. The summed E-state index contributed by atoms with van der Waals surface area (Å²) in [6.45, 7) is 6.23. The Morgan fingerprint density at radius 2 is 1.91 bits per heavy atom. The zero-order valence-corrected chi connectivity index (χ0v) is 8.07. The number of hydrogen-bond donors (Lipinski definition) is 2. The van der Waals surface area contributed by atoms with E-state index in [0.29, 0.717) is 18.3 Å². The van der Waals surface area contributed by atoms with Crippen molar-refractivity contribution in [2.45, 2.75) is 27.2 Å². The quantitative estimate of drug-likeness (QED) is 0.388. The minimum absolute atomic E-state index is 0. The molecule has 1 unspecified atom stereocenters. The summed E-state index contributed by atoms with van der Waals surface area (Å²) >= 11 is 0. The second kappa shape index (κ2) is 6.43. The molecule has 0 aromatic carbocycles. The largest absolute Gasteiger partial charge is 0.294 e. The molecule has 3 nitrogen and oxygen atoms in total. The third-order valence-corrected chi connectivity index (χ3v) is 1.81. The van der Waals surface area contributed by atoms with Crippen molar-refractivity contribution in [1.82, 2.24) is 5.43 Å². The Labute approximate surface area is 74.1 Å². The van der Waals surface area contributed by atoms with Gasteiger partial charge in [0, 0.05) is 6.42 Å². The summed E-state index contributed by atoms with van der Waals surface area (Å²) in [5.74, 6) is 5.78. The maximum absolute atomic E-state index is 10.7. The number of hydrogen-bond acceptors (Lipinski definition) is 2. The predicted molar refractivity (Wildman–Crippen MR) is 48.2 cm³/mol. The Bertz CT molecular complexity index is 117. The van der Waals surface area contributed by atoms with Crippen LogP contribution in [-0.4, -0.2) is 5.91 Å². The molecule has 0 aliphatic heterocycles. The Balaban J connectivity index is 0. The second-order valence-corrected chi connectivity index (χ2v) is 2.99.